The van der Waals surface area contributed by atoms with E-state index in [9.17, 15) is 0 Å². The normalized spacial score (nSPS) is 11.6. The molecule has 0 aliphatic rings. The van der Waals surface area contributed by atoms with Gasteiger partial charge in [0.15, 0.2) is 0 Å². The number of nitrogens with zero attached hydrogens (tertiary/aromatic N) is 2. The molecule has 110 valence electrons. The van der Waals surface area contributed by atoms with E-state index in [0.29, 0.717) is 5.92 Å². The predicted molar refractivity (Wildman–Crippen MR) is 87.3 cm³/mol. The molecular formula is C15H23N3OS. The largest absolute Gasteiger partial charge is 0.399 e. The first-order valence-electron chi connectivity index (χ1n) is 7.07. The molecule has 0 saturated carbocycles. The average molecular weight is 293 g/mol. The third-order valence-electron chi connectivity index (χ3n) is 3.22. The first-order chi connectivity index (χ1) is 9.63. The van der Waals surface area contributed by atoms with Crippen molar-refractivity contribution in [3.8, 4) is 0 Å². The van der Waals surface area contributed by atoms with E-state index in [-0.39, 0.29) is 6.61 Å². The number of thioether (sulfide) groups is 1. The number of benzene rings is 1. The maximum Gasteiger partial charge on any atom is 0.112 e. The van der Waals surface area contributed by atoms with Crippen LogP contribution in [0.2, 0.25) is 0 Å². The van der Waals surface area contributed by atoms with Crippen LogP contribution in [-0.4, -0.2) is 32.8 Å². The van der Waals surface area contributed by atoms with Gasteiger partial charge < -0.3 is 15.4 Å². The third-order valence-corrected chi connectivity index (χ3v) is 4.27. The minimum absolute atomic E-state index is 0.275. The van der Waals surface area contributed by atoms with Crippen molar-refractivity contribution >= 4 is 28.5 Å². The van der Waals surface area contributed by atoms with Crippen LogP contribution in [0.25, 0.3) is 11.0 Å². The number of hydrogen-bond donors (Lipinski definition) is 2. The topological polar surface area (TPSA) is 64.1 Å². The van der Waals surface area contributed by atoms with Crippen LogP contribution in [0, 0.1) is 0 Å². The van der Waals surface area contributed by atoms with E-state index in [4.69, 9.17) is 15.8 Å². The maximum absolute atomic E-state index is 8.79. The number of anilines is 1. The SMILES string of the molecule is CC(C)c1nc2cc(N)ccc2n1CCSCCCO. The summed E-state index contributed by atoms with van der Waals surface area (Å²) in [5.74, 6) is 3.56. The number of nitrogen functional groups attached to an aromatic ring is 1. The zero-order chi connectivity index (χ0) is 14.5. The molecule has 0 saturated heterocycles. The maximum atomic E-state index is 8.79. The lowest BCUT2D eigenvalue weighted by atomic mass is 10.2. The van der Waals surface area contributed by atoms with Gasteiger partial charge in [0, 0.05) is 30.5 Å². The number of fused-ring (bicyclic) bond motifs is 1. The molecule has 1 heterocycles. The summed E-state index contributed by atoms with van der Waals surface area (Å²) in [6.45, 7) is 5.56. The summed E-state index contributed by atoms with van der Waals surface area (Å²) >= 11 is 1.87. The van der Waals surface area contributed by atoms with Gasteiger partial charge in [-0.05, 0) is 30.4 Å². The Hall–Kier alpha value is -1.20. The van der Waals surface area contributed by atoms with Crippen molar-refractivity contribution in [2.45, 2.75) is 32.7 Å². The van der Waals surface area contributed by atoms with Crippen LogP contribution in [0.15, 0.2) is 18.2 Å². The summed E-state index contributed by atoms with van der Waals surface area (Å²) in [6.07, 6.45) is 0.864. The van der Waals surface area contributed by atoms with Crippen molar-refractivity contribution in [3.05, 3.63) is 24.0 Å². The molecule has 0 fully saturated rings. The minimum atomic E-state index is 0.275. The lowest BCUT2D eigenvalue weighted by molar-refractivity contribution is 0.296. The molecule has 0 amide bonds. The minimum Gasteiger partial charge on any atom is -0.399 e. The number of hydrogen-bond acceptors (Lipinski definition) is 4. The Kier molecular flexibility index (Phi) is 5.31. The van der Waals surface area contributed by atoms with Gasteiger partial charge in [0.1, 0.15) is 5.82 Å². The second-order valence-electron chi connectivity index (χ2n) is 5.21. The van der Waals surface area contributed by atoms with Gasteiger partial charge in [0.25, 0.3) is 0 Å². The lowest BCUT2D eigenvalue weighted by Crippen LogP contribution is -2.07. The summed E-state index contributed by atoms with van der Waals surface area (Å²) in [5, 5.41) is 8.79. The fourth-order valence-corrected chi connectivity index (χ4v) is 3.11. The highest BCUT2D eigenvalue weighted by atomic mass is 32.2. The Morgan fingerprint density at radius 2 is 2.15 bits per heavy atom. The zero-order valence-electron chi connectivity index (χ0n) is 12.2. The fraction of sp³-hybridized carbons (Fsp3) is 0.533. The van der Waals surface area contributed by atoms with E-state index in [1.807, 2.05) is 23.9 Å². The van der Waals surface area contributed by atoms with Gasteiger partial charge in [0.05, 0.1) is 11.0 Å². The van der Waals surface area contributed by atoms with E-state index in [0.717, 1.165) is 47.0 Å². The molecule has 3 N–H and O–H groups in total. The van der Waals surface area contributed by atoms with Crippen molar-refractivity contribution in [2.75, 3.05) is 23.8 Å². The Morgan fingerprint density at radius 3 is 2.85 bits per heavy atom. The van der Waals surface area contributed by atoms with Gasteiger partial charge >= 0.3 is 0 Å². The van der Waals surface area contributed by atoms with E-state index >= 15 is 0 Å². The molecule has 4 nitrogen and oxygen atoms in total. The number of imidazole rings is 1. The molecule has 0 aliphatic carbocycles. The number of rotatable bonds is 7. The summed E-state index contributed by atoms with van der Waals surface area (Å²) in [5.41, 5.74) is 8.73. The first-order valence-corrected chi connectivity index (χ1v) is 8.23. The van der Waals surface area contributed by atoms with Crippen LogP contribution in [0.5, 0.6) is 0 Å². The molecule has 2 rings (SSSR count). The molecule has 5 heteroatoms. The van der Waals surface area contributed by atoms with Gasteiger partial charge in [0.2, 0.25) is 0 Å². The molecule has 0 bridgehead atoms. The Balaban J connectivity index is 2.18. The number of aliphatic hydroxyl groups excluding tert-OH is 1. The lowest BCUT2D eigenvalue weighted by Gasteiger charge is -2.11. The second kappa shape index (κ2) is 6.99. The van der Waals surface area contributed by atoms with Gasteiger partial charge in [-0.15, -0.1) is 0 Å². The highest BCUT2D eigenvalue weighted by molar-refractivity contribution is 7.99. The zero-order valence-corrected chi connectivity index (χ0v) is 13.0. The Morgan fingerprint density at radius 1 is 1.35 bits per heavy atom. The molecule has 0 radical (unpaired) electrons. The number of aromatic nitrogens is 2. The first kappa shape index (κ1) is 15.2. The Bertz CT molecular complexity index is 565. The van der Waals surface area contributed by atoms with Crippen LogP contribution >= 0.6 is 11.8 Å². The summed E-state index contributed by atoms with van der Waals surface area (Å²) in [4.78, 5) is 4.72. The van der Waals surface area contributed by atoms with E-state index in [2.05, 4.69) is 24.5 Å². The van der Waals surface area contributed by atoms with Crippen LogP contribution < -0.4 is 5.73 Å². The van der Waals surface area contributed by atoms with Crippen molar-refractivity contribution in [1.29, 1.82) is 0 Å². The number of aryl methyl sites for hydroxylation is 1. The highest BCUT2D eigenvalue weighted by Crippen LogP contribution is 2.24. The molecule has 0 spiro atoms. The number of nitrogens with two attached hydrogens (primary N) is 1. The van der Waals surface area contributed by atoms with E-state index < -0.39 is 0 Å². The van der Waals surface area contributed by atoms with Crippen molar-refractivity contribution in [1.82, 2.24) is 9.55 Å². The van der Waals surface area contributed by atoms with Crippen molar-refractivity contribution in [2.24, 2.45) is 0 Å². The fourth-order valence-electron chi connectivity index (χ4n) is 2.27. The molecule has 1 aromatic carbocycles. The van der Waals surface area contributed by atoms with Gasteiger partial charge in [-0.1, -0.05) is 13.8 Å². The van der Waals surface area contributed by atoms with Gasteiger partial charge in [-0.25, -0.2) is 4.98 Å². The summed E-state index contributed by atoms with van der Waals surface area (Å²) < 4.78 is 2.30. The van der Waals surface area contributed by atoms with Gasteiger partial charge in [-0.3, -0.25) is 0 Å². The van der Waals surface area contributed by atoms with Crippen molar-refractivity contribution < 1.29 is 5.11 Å². The molecule has 1 aromatic heterocycles. The molecule has 2 aromatic rings. The van der Waals surface area contributed by atoms with Crippen molar-refractivity contribution in [3.63, 3.8) is 0 Å². The predicted octanol–water partition coefficient (Wildman–Crippen LogP) is 2.86. The van der Waals surface area contributed by atoms with E-state index in [1.54, 1.807) is 0 Å². The Labute approximate surface area is 124 Å². The molecular weight excluding hydrogens is 270 g/mol. The standard InChI is InChI=1S/C15H23N3OS/c1-11(2)15-17-13-10-12(16)4-5-14(13)18(15)6-9-20-8-3-7-19/h4-5,10-11,19H,3,6-9,16H2,1-2H3. The van der Waals surface area contributed by atoms with Crippen LogP contribution in [-0.2, 0) is 6.54 Å². The molecule has 20 heavy (non-hydrogen) atoms. The molecule has 0 unspecified atom stereocenters. The molecule has 0 aliphatic heterocycles. The monoisotopic (exact) mass is 293 g/mol. The van der Waals surface area contributed by atoms with Crippen LogP contribution in [0.1, 0.15) is 32.0 Å². The highest BCUT2D eigenvalue weighted by Gasteiger charge is 2.13. The molecule has 0 atom stereocenters. The summed E-state index contributed by atoms with van der Waals surface area (Å²) in [7, 11) is 0. The average Bonchev–Trinajstić information content (AvgIpc) is 2.76. The van der Waals surface area contributed by atoms with Crippen LogP contribution in [0.3, 0.4) is 0 Å². The quantitative estimate of drug-likeness (QED) is 0.608. The number of aliphatic hydroxyl groups is 1. The van der Waals surface area contributed by atoms with Gasteiger partial charge in [-0.2, -0.15) is 11.8 Å². The van der Waals surface area contributed by atoms with E-state index in [1.165, 1.54) is 0 Å². The summed E-state index contributed by atoms with van der Waals surface area (Å²) in [6, 6.07) is 5.93. The van der Waals surface area contributed by atoms with Crippen LogP contribution in [0.4, 0.5) is 5.69 Å². The second-order valence-corrected chi connectivity index (χ2v) is 6.44. The third kappa shape index (κ3) is 3.46. The smallest absolute Gasteiger partial charge is 0.112 e.